The third-order valence-corrected chi connectivity index (χ3v) is 6.21. The van der Waals surface area contributed by atoms with Gasteiger partial charge in [0, 0.05) is 30.6 Å². The second kappa shape index (κ2) is 9.23. The molecule has 0 spiro atoms. The third kappa shape index (κ3) is 4.65. The summed E-state index contributed by atoms with van der Waals surface area (Å²) in [6.07, 6.45) is 16.1. The highest BCUT2D eigenvalue weighted by Crippen LogP contribution is 2.34. The van der Waals surface area contributed by atoms with Crippen LogP contribution >= 0.6 is 11.3 Å². The van der Waals surface area contributed by atoms with Crippen LogP contribution in [0.1, 0.15) is 25.0 Å². The van der Waals surface area contributed by atoms with Crippen molar-refractivity contribution >= 4 is 23.2 Å². The number of ether oxygens (including phenoxy) is 2. The average molecular weight is 444 g/mol. The average Bonchev–Trinajstić information content (AvgIpc) is 3.22. The van der Waals surface area contributed by atoms with Gasteiger partial charge in [-0.3, -0.25) is 4.98 Å². The molecule has 0 fully saturated rings. The van der Waals surface area contributed by atoms with Crippen LogP contribution in [-0.2, 0) is 9.47 Å². The zero-order valence-electron chi connectivity index (χ0n) is 17.6. The van der Waals surface area contributed by atoms with Crippen LogP contribution in [-0.4, -0.2) is 32.4 Å². The van der Waals surface area contributed by atoms with Gasteiger partial charge in [0.25, 0.3) is 5.95 Å². The van der Waals surface area contributed by atoms with Crippen molar-refractivity contribution < 1.29 is 9.47 Å². The number of rotatable bonds is 5. The van der Waals surface area contributed by atoms with E-state index in [1.165, 1.54) is 5.57 Å². The number of allylic oxidation sites excluding steroid dienone is 4. The van der Waals surface area contributed by atoms with Gasteiger partial charge in [0.2, 0.25) is 5.90 Å². The van der Waals surface area contributed by atoms with Gasteiger partial charge in [0.15, 0.2) is 6.61 Å². The summed E-state index contributed by atoms with van der Waals surface area (Å²) in [5.74, 6) is 1.52. The predicted molar refractivity (Wildman–Crippen MR) is 124 cm³/mol. The van der Waals surface area contributed by atoms with Crippen molar-refractivity contribution in [3.05, 3.63) is 78.3 Å². The van der Waals surface area contributed by atoms with E-state index < -0.39 is 0 Å². The topological polar surface area (TPSA) is 82.4 Å². The Hall–Kier alpha value is -3.65. The largest absolute Gasteiger partial charge is 0.488 e. The molecule has 1 aliphatic carbocycles. The minimum absolute atomic E-state index is 0.251. The molecule has 160 valence electrons. The Morgan fingerprint density at radius 3 is 3.00 bits per heavy atom. The van der Waals surface area contributed by atoms with Crippen molar-refractivity contribution in [1.29, 1.82) is 0 Å². The molecule has 0 saturated carbocycles. The molecule has 7 nitrogen and oxygen atoms in total. The molecule has 3 aromatic heterocycles. The molecular formula is C24H21N5O2S. The lowest BCUT2D eigenvalue weighted by atomic mass is 10.0. The number of aromatic nitrogens is 4. The highest BCUT2D eigenvalue weighted by molar-refractivity contribution is 7.18. The van der Waals surface area contributed by atoms with Crippen molar-refractivity contribution in [2.24, 2.45) is 4.99 Å². The molecule has 5 rings (SSSR count). The fourth-order valence-corrected chi connectivity index (χ4v) is 4.48. The first-order chi connectivity index (χ1) is 15.7. The fraction of sp³-hybridized carbons (Fsp3) is 0.208. The molecule has 0 aromatic carbocycles. The molecular weight excluding hydrogens is 422 g/mol. The van der Waals surface area contributed by atoms with Crippen LogP contribution in [0.3, 0.4) is 0 Å². The first-order valence-electron chi connectivity index (χ1n) is 10.4. The molecule has 4 heterocycles. The molecule has 0 bridgehead atoms. The van der Waals surface area contributed by atoms with E-state index in [4.69, 9.17) is 9.47 Å². The van der Waals surface area contributed by atoms with Crippen molar-refractivity contribution in [1.82, 2.24) is 19.9 Å². The Bertz CT molecular complexity index is 1240. The quantitative estimate of drug-likeness (QED) is 0.514. The van der Waals surface area contributed by atoms with Gasteiger partial charge in [-0.1, -0.05) is 23.8 Å². The molecule has 3 aromatic rings. The maximum absolute atomic E-state index is 5.95. The van der Waals surface area contributed by atoms with Crippen molar-refractivity contribution in [2.45, 2.75) is 26.2 Å². The minimum atomic E-state index is 0.251. The van der Waals surface area contributed by atoms with Crippen molar-refractivity contribution in [2.75, 3.05) is 6.61 Å². The van der Waals surface area contributed by atoms with Crippen LogP contribution in [0.4, 0.5) is 5.95 Å². The highest BCUT2D eigenvalue weighted by Gasteiger charge is 2.17. The molecule has 0 N–H and O–H groups in total. The van der Waals surface area contributed by atoms with Crippen LogP contribution in [0, 0.1) is 6.92 Å². The number of nitrogens with zero attached hydrogens (tertiary/aromatic N) is 5. The smallest absolute Gasteiger partial charge is 0.253 e. The van der Waals surface area contributed by atoms with E-state index in [0.717, 1.165) is 45.4 Å². The molecule has 2 aliphatic rings. The lowest BCUT2D eigenvalue weighted by Gasteiger charge is -2.18. The van der Waals surface area contributed by atoms with Crippen LogP contribution < -0.4 is 0 Å². The summed E-state index contributed by atoms with van der Waals surface area (Å²) in [5, 5.41) is 0.905. The first-order valence-corrected chi connectivity index (χ1v) is 11.2. The number of hydrogen-bond donors (Lipinski definition) is 0. The van der Waals surface area contributed by atoms with E-state index in [1.54, 1.807) is 30.0 Å². The Labute approximate surface area is 189 Å². The fourth-order valence-electron chi connectivity index (χ4n) is 3.45. The third-order valence-electron chi connectivity index (χ3n) is 4.98. The second-order valence-corrected chi connectivity index (χ2v) is 8.39. The van der Waals surface area contributed by atoms with Gasteiger partial charge in [0.1, 0.15) is 17.0 Å². The van der Waals surface area contributed by atoms with Gasteiger partial charge in [-0.25, -0.2) is 15.0 Å². The second-order valence-electron chi connectivity index (χ2n) is 7.39. The van der Waals surface area contributed by atoms with Crippen LogP contribution in [0.2, 0.25) is 0 Å². The lowest BCUT2D eigenvalue weighted by molar-refractivity contribution is 0.211. The Morgan fingerprint density at radius 2 is 2.16 bits per heavy atom. The SMILES string of the molecule is Cc1nc(-c2cccnc2)sc1-c1ccnc(N=C2COC=C(CC3=CC=CCC3)O2)n1. The van der Waals surface area contributed by atoms with Crippen LogP contribution in [0.15, 0.2) is 77.6 Å². The monoisotopic (exact) mass is 443 g/mol. The van der Waals surface area contributed by atoms with E-state index >= 15 is 0 Å². The van der Waals surface area contributed by atoms with Gasteiger partial charge >= 0.3 is 0 Å². The Balaban J connectivity index is 1.35. The molecule has 0 amide bonds. The molecule has 1 aliphatic heterocycles. The highest BCUT2D eigenvalue weighted by atomic mass is 32.1. The molecule has 0 saturated heterocycles. The summed E-state index contributed by atoms with van der Waals surface area (Å²) in [5.41, 5.74) is 3.98. The van der Waals surface area contributed by atoms with E-state index in [1.807, 2.05) is 31.3 Å². The Kier molecular flexibility index (Phi) is 5.85. The summed E-state index contributed by atoms with van der Waals surface area (Å²) in [6, 6.07) is 5.77. The maximum atomic E-state index is 5.95. The molecule has 32 heavy (non-hydrogen) atoms. The normalized spacial score (nSPS) is 16.8. The van der Waals surface area contributed by atoms with E-state index in [0.29, 0.717) is 18.3 Å². The summed E-state index contributed by atoms with van der Waals surface area (Å²) in [7, 11) is 0. The summed E-state index contributed by atoms with van der Waals surface area (Å²) < 4.78 is 11.5. The van der Waals surface area contributed by atoms with Gasteiger partial charge in [0.05, 0.1) is 16.3 Å². The van der Waals surface area contributed by atoms with Gasteiger partial charge in [-0.15, -0.1) is 11.3 Å². The van der Waals surface area contributed by atoms with Gasteiger partial charge in [-0.2, -0.15) is 4.99 Å². The van der Waals surface area contributed by atoms with E-state index in [9.17, 15) is 0 Å². The van der Waals surface area contributed by atoms with E-state index in [2.05, 4.69) is 43.2 Å². The number of aliphatic imine (C=N–C) groups is 1. The molecule has 0 unspecified atom stereocenters. The standard InChI is InChI=1S/C24H21N5O2S/c1-16-22(32-23(27-16)18-8-5-10-25-13-18)20-9-11-26-24(28-20)29-21-15-30-14-19(31-21)12-17-6-3-2-4-7-17/h2-3,5-6,8-11,13-14H,4,7,12,15H2,1H3. The van der Waals surface area contributed by atoms with Gasteiger partial charge in [-0.05, 0) is 38.0 Å². The van der Waals surface area contributed by atoms with Crippen LogP contribution in [0.5, 0.6) is 0 Å². The zero-order valence-corrected chi connectivity index (χ0v) is 18.4. The lowest BCUT2D eigenvalue weighted by Crippen LogP contribution is -2.17. The maximum Gasteiger partial charge on any atom is 0.253 e. The van der Waals surface area contributed by atoms with Crippen molar-refractivity contribution in [3.8, 4) is 21.1 Å². The zero-order chi connectivity index (χ0) is 21.8. The Morgan fingerprint density at radius 1 is 1.19 bits per heavy atom. The van der Waals surface area contributed by atoms with Gasteiger partial charge < -0.3 is 9.47 Å². The summed E-state index contributed by atoms with van der Waals surface area (Å²) in [4.78, 5) is 23.3. The first kappa shape index (κ1) is 20.3. The minimum Gasteiger partial charge on any atom is -0.488 e. The number of hydrogen-bond acceptors (Lipinski definition) is 8. The molecule has 0 atom stereocenters. The summed E-state index contributed by atoms with van der Waals surface area (Å²) in [6.45, 7) is 2.23. The van der Waals surface area contributed by atoms with Crippen LogP contribution in [0.25, 0.3) is 21.1 Å². The predicted octanol–water partition coefficient (Wildman–Crippen LogP) is 5.56. The number of pyridine rings is 1. The molecule has 0 radical (unpaired) electrons. The van der Waals surface area contributed by atoms with Crippen molar-refractivity contribution in [3.63, 3.8) is 0 Å². The molecule has 8 heteroatoms. The number of thiazole rings is 1. The number of aryl methyl sites for hydroxylation is 1. The summed E-state index contributed by atoms with van der Waals surface area (Å²) >= 11 is 1.57. The van der Waals surface area contributed by atoms with E-state index in [-0.39, 0.29) is 6.61 Å².